The standard InChI is InChI=1S/C16H13BrFNO3/c1-10-5-6-14(13(17)7-10)19-15(20)9-22-16(21)11-3-2-4-12(18)8-11/h2-8H,9H2,1H3,(H,19,20). The van der Waals surface area contributed by atoms with Crippen LogP contribution in [0.3, 0.4) is 0 Å². The number of hydrogen-bond donors (Lipinski definition) is 1. The number of aryl methyl sites for hydroxylation is 1. The van der Waals surface area contributed by atoms with Gasteiger partial charge in [-0.2, -0.15) is 0 Å². The van der Waals surface area contributed by atoms with Crippen LogP contribution in [0.15, 0.2) is 46.9 Å². The molecule has 4 nitrogen and oxygen atoms in total. The summed E-state index contributed by atoms with van der Waals surface area (Å²) in [5.74, 6) is -1.77. The molecule has 0 aliphatic rings. The van der Waals surface area contributed by atoms with Gasteiger partial charge in [0.2, 0.25) is 0 Å². The van der Waals surface area contributed by atoms with Crippen molar-refractivity contribution in [3.63, 3.8) is 0 Å². The van der Waals surface area contributed by atoms with E-state index in [0.717, 1.165) is 16.1 Å². The Bertz CT molecular complexity index is 718. The van der Waals surface area contributed by atoms with E-state index >= 15 is 0 Å². The van der Waals surface area contributed by atoms with Crippen molar-refractivity contribution in [3.05, 3.63) is 63.9 Å². The molecule has 0 aromatic heterocycles. The Kier molecular flexibility index (Phi) is 5.27. The minimum Gasteiger partial charge on any atom is -0.452 e. The summed E-state index contributed by atoms with van der Waals surface area (Å²) in [7, 11) is 0. The molecule has 0 saturated heterocycles. The lowest BCUT2D eigenvalue weighted by Gasteiger charge is -2.09. The van der Waals surface area contributed by atoms with Gasteiger partial charge in [-0.25, -0.2) is 9.18 Å². The molecular weight excluding hydrogens is 353 g/mol. The Morgan fingerprint density at radius 2 is 2.00 bits per heavy atom. The molecule has 114 valence electrons. The SMILES string of the molecule is Cc1ccc(NC(=O)COC(=O)c2cccc(F)c2)c(Br)c1. The van der Waals surface area contributed by atoms with Crippen molar-refractivity contribution >= 4 is 33.5 Å². The summed E-state index contributed by atoms with van der Waals surface area (Å²) in [6, 6.07) is 10.5. The smallest absolute Gasteiger partial charge is 0.338 e. The molecule has 1 amide bonds. The zero-order valence-corrected chi connectivity index (χ0v) is 13.3. The number of halogens is 2. The number of nitrogens with one attached hydrogen (secondary N) is 1. The second-order valence-electron chi connectivity index (χ2n) is 4.62. The van der Waals surface area contributed by atoms with Gasteiger partial charge in [0.15, 0.2) is 6.61 Å². The molecule has 0 heterocycles. The molecule has 0 fully saturated rings. The monoisotopic (exact) mass is 365 g/mol. The summed E-state index contributed by atoms with van der Waals surface area (Å²) < 4.78 is 18.6. The van der Waals surface area contributed by atoms with Crippen LogP contribution in [0.5, 0.6) is 0 Å². The summed E-state index contributed by atoms with van der Waals surface area (Å²) in [6.07, 6.45) is 0. The van der Waals surface area contributed by atoms with E-state index in [0.29, 0.717) is 5.69 Å². The van der Waals surface area contributed by atoms with Crippen LogP contribution in [0.25, 0.3) is 0 Å². The number of carbonyl (C=O) groups excluding carboxylic acids is 2. The largest absolute Gasteiger partial charge is 0.452 e. The maximum Gasteiger partial charge on any atom is 0.338 e. The number of benzene rings is 2. The van der Waals surface area contributed by atoms with E-state index in [4.69, 9.17) is 4.74 Å². The van der Waals surface area contributed by atoms with Crippen LogP contribution in [-0.4, -0.2) is 18.5 Å². The first-order valence-electron chi connectivity index (χ1n) is 6.44. The third-order valence-electron chi connectivity index (χ3n) is 2.79. The van der Waals surface area contributed by atoms with Crippen LogP contribution in [0, 0.1) is 12.7 Å². The van der Waals surface area contributed by atoms with E-state index in [1.54, 1.807) is 6.07 Å². The average molecular weight is 366 g/mol. The molecule has 0 unspecified atom stereocenters. The van der Waals surface area contributed by atoms with E-state index in [1.165, 1.54) is 18.2 Å². The van der Waals surface area contributed by atoms with Crippen LogP contribution in [0.4, 0.5) is 10.1 Å². The predicted octanol–water partition coefficient (Wildman–Crippen LogP) is 3.69. The maximum absolute atomic E-state index is 13.0. The molecule has 0 atom stereocenters. The summed E-state index contributed by atoms with van der Waals surface area (Å²) in [4.78, 5) is 23.5. The zero-order chi connectivity index (χ0) is 16.1. The van der Waals surface area contributed by atoms with Crippen molar-refractivity contribution in [2.75, 3.05) is 11.9 Å². The highest BCUT2D eigenvalue weighted by molar-refractivity contribution is 9.10. The third-order valence-corrected chi connectivity index (χ3v) is 3.45. The lowest BCUT2D eigenvalue weighted by Crippen LogP contribution is -2.21. The second kappa shape index (κ2) is 7.17. The summed E-state index contributed by atoms with van der Waals surface area (Å²) >= 11 is 3.34. The van der Waals surface area contributed by atoms with E-state index in [9.17, 15) is 14.0 Å². The van der Waals surface area contributed by atoms with Gasteiger partial charge in [-0.3, -0.25) is 4.79 Å². The first-order valence-corrected chi connectivity index (χ1v) is 7.23. The van der Waals surface area contributed by atoms with Gasteiger partial charge in [0.1, 0.15) is 5.82 Å². The molecule has 2 aromatic rings. The Morgan fingerprint density at radius 3 is 2.68 bits per heavy atom. The van der Waals surface area contributed by atoms with Gasteiger partial charge in [-0.1, -0.05) is 12.1 Å². The molecule has 0 aliphatic carbocycles. The van der Waals surface area contributed by atoms with Gasteiger partial charge < -0.3 is 10.1 Å². The fourth-order valence-corrected chi connectivity index (χ4v) is 2.33. The molecule has 0 bridgehead atoms. The highest BCUT2D eigenvalue weighted by Gasteiger charge is 2.12. The number of rotatable bonds is 4. The van der Waals surface area contributed by atoms with Crippen LogP contribution >= 0.6 is 15.9 Å². The molecule has 1 N–H and O–H groups in total. The van der Waals surface area contributed by atoms with Gasteiger partial charge in [-0.15, -0.1) is 0 Å². The van der Waals surface area contributed by atoms with Crippen molar-refractivity contribution in [2.24, 2.45) is 0 Å². The van der Waals surface area contributed by atoms with Crippen molar-refractivity contribution in [3.8, 4) is 0 Å². The van der Waals surface area contributed by atoms with Gasteiger partial charge in [0, 0.05) is 4.47 Å². The van der Waals surface area contributed by atoms with Crippen LogP contribution in [0.2, 0.25) is 0 Å². The van der Waals surface area contributed by atoms with Crippen LogP contribution in [-0.2, 0) is 9.53 Å². The molecule has 2 rings (SSSR count). The second-order valence-corrected chi connectivity index (χ2v) is 5.47. The average Bonchev–Trinajstić information content (AvgIpc) is 2.47. The number of hydrogen-bond acceptors (Lipinski definition) is 3. The predicted molar refractivity (Wildman–Crippen MR) is 84.2 cm³/mol. The Hall–Kier alpha value is -2.21. The molecule has 0 saturated carbocycles. The van der Waals surface area contributed by atoms with Crippen molar-refractivity contribution in [2.45, 2.75) is 6.92 Å². The van der Waals surface area contributed by atoms with E-state index in [-0.39, 0.29) is 5.56 Å². The number of esters is 1. The van der Waals surface area contributed by atoms with Gasteiger partial charge >= 0.3 is 5.97 Å². The third kappa shape index (κ3) is 4.39. The normalized spacial score (nSPS) is 10.1. The minimum atomic E-state index is -0.752. The summed E-state index contributed by atoms with van der Waals surface area (Å²) in [5.41, 5.74) is 1.68. The zero-order valence-electron chi connectivity index (χ0n) is 11.7. The number of amides is 1. The van der Waals surface area contributed by atoms with Crippen LogP contribution < -0.4 is 5.32 Å². The first-order chi connectivity index (χ1) is 10.5. The molecule has 0 radical (unpaired) electrons. The number of anilines is 1. The Morgan fingerprint density at radius 1 is 1.23 bits per heavy atom. The molecule has 0 aliphatic heterocycles. The van der Waals surface area contributed by atoms with Crippen molar-refractivity contribution < 1.29 is 18.7 Å². The first kappa shape index (κ1) is 16.2. The fourth-order valence-electron chi connectivity index (χ4n) is 1.74. The molecular formula is C16H13BrFNO3. The highest BCUT2D eigenvalue weighted by atomic mass is 79.9. The fraction of sp³-hybridized carbons (Fsp3) is 0.125. The Balaban J connectivity index is 1.91. The van der Waals surface area contributed by atoms with Crippen molar-refractivity contribution in [1.29, 1.82) is 0 Å². The number of ether oxygens (including phenoxy) is 1. The summed E-state index contributed by atoms with van der Waals surface area (Å²) in [5, 5.41) is 2.62. The van der Waals surface area contributed by atoms with Gasteiger partial charge in [0.25, 0.3) is 5.91 Å². The van der Waals surface area contributed by atoms with E-state index in [1.807, 2.05) is 19.1 Å². The summed E-state index contributed by atoms with van der Waals surface area (Å²) in [6.45, 7) is 1.48. The maximum atomic E-state index is 13.0. The van der Waals surface area contributed by atoms with E-state index in [2.05, 4.69) is 21.2 Å². The molecule has 22 heavy (non-hydrogen) atoms. The highest BCUT2D eigenvalue weighted by Crippen LogP contribution is 2.23. The minimum absolute atomic E-state index is 0.0596. The molecule has 0 spiro atoms. The molecule has 6 heteroatoms. The van der Waals surface area contributed by atoms with Crippen molar-refractivity contribution in [1.82, 2.24) is 0 Å². The number of carbonyl (C=O) groups is 2. The van der Waals surface area contributed by atoms with Gasteiger partial charge in [0.05, 0.1) is 11.3 Å². The Labute approximate surface area is 135 Å². The lowest BCUT2D eigenvalue weighted by molar-refractivity contribution is -0.119. The van der Waals surface area contributed by atoms with Crippen LogP contribution in [0.1, 0.15) is 15.9 Å². The molecule has 2 aromatic carbocycles. The van der Waals surface area contributed by atoms with E-state index < -0.39 is 24.3 Å². The lowest BCUT2D eigenvalue weighted by atomic mass is 10.2. The van der Waals surface area contributed by atoms with Gasteiger partial charge in [-0.05, 0) is 58.7 Å². The topological polar surface area (TPSA) is 55.4 Å². The quantitative estimate of drug-likeness (QED) is 0.840.